The molecular formula is C14H18Cl2N2O2. The predicted molar refractivity (Wildman–Crippen MR) is 82.3 cm³/mol. The van der Waals surface area contributed by atoms with Crippen LogP contribution in [0.5, 0.6) is 0 Å². The molecule has 0 atom stereocenters. The summed E-state index contributed by atoms with van der Waals surface area (Å²) in [5.74, 6) is -0.346. The Morgan fingerprint density at radius 2 is 1.80 bits per heavy atom. The summed E-state index contributed by atoms with van der Waals surface area (Å²) in [5.41, 5.74) is 0.375. The van der Waals surface area contributed by atoms with E-state index in [1.807, 2.05) is 13.8 Å². The summed E-state index contributed by atoms with van der Waals surface area (Å²) in [6.07, 6.45) is 1.20. The van der Waals surface area contributed by atoms with Crippen molar-refractivity contribution in [3.05, 3.63) is 28.2 Å². The maximum Gasteiger partial charge on any atom is 0.244 e. The molecule has 6 heteroatoms. The van der Waals surface area contributed by atoms with Gasteiger partial charge in [0.15, 0.2) is 0 Å². The number of para-hydroxylation sites is 1. The molecule has 1 aromatic carbocycles. The normalized spacial score (nSPS) is 10.2. The maximum absolute atomic E-state index is 12.0. The Kier molecular flexibility index (Phi) is 6.82. The molecule has 0 saturated heterocycles. The summed E-state index contributed by atoms with van der Waals surface area (Å²) >= 11 is 12.0. The lowest BCUT2D eigenvalue weighted by Gasteiger charge is -2.20. The lowest BCUT2D eigenvalue weighted by Crippen LogP contribution is -2.37. The minimum absolute atomic E-state index is 0.00309. The fourth-order valence-corrected chi connectivity index (χ4v) is 2.21. The fraction of sp³-hybridized carbons (Fsp3) is 0.429. The number of halogens is 2. The van der Waals surface area contributed by atoms with Crippen LogP contribution in [-0.4, -0.2) is 29.8 Å². The van der Waals surface area contributed by atoms with E-state index in [4.69, 9.17) is 23.2 Å². The molecule has 2 amide bonds. The number of likely N-dealkylation sites (N-methyl/N-ethyl adjacent to an activating group) is 1. The molecule has 0 aliphatic carbocycles. The Bertz CT molecular complexity index is 472. The zero-order valence-corrected chi connectivity index (χ0v) is 13.1. The van der Waals surface area contributed by atoms with E-state index in [0.29, 0.717) is 28.7 Å². The van der Waals surface area contributed by atoms with Gasteiger partial charge in [0, 0.05) is 13.0 Å². The van der Waals surface area contributed by atoms with Crippen molar-refractivity contribution >= 4 is 40.7 Å². The topological polar surface area (TPSA) is 49.4 Å². The van der Waals surface area contributed by atoms with Crippen LogP contribution in [0.2, 0.25) is 10.0 Å². The first kappa shape index (κ1) is 16.8. The van der Waals surface area contributed by atoms with E-state index in [2.05, 4.69) is 5.32 Å². The number of amides is 2. The molecule has 4 nitrogen and oxygen atoms in total. The van der Waals surface area contributed by atoms with Crippen LogP contribution in [0, 0.1) is 0 Å². The van der Waals surface area contributed by atoms with Crippen molar-refractivity contribution in [2.75, 3.05) is 18.4 Å². The number of hydrogen-bond acceptors (Lipinski definition) is 2. The van der Waals surface area contributed by atoms with E-state index in [9.17, 15) is 9.59 Å². The van der Waals surface area contributed by atoms with Gasteiger partial charge in [-0.15, -0.1) is 0 Å². The van der Waals surface area contributed by atoms with Crippen LogP contribution in [0.4, 0.5) is 5.69 Å². The maximum atomic E-state index is 12.0. The van der Waals surface area contributed by atoms with E-state index in [0.717, 1.165) is 6.42 Å². The van der Waals surface area contributed by atoms with E-state index in [1.54, 1.807) is 18.2 Å². The molecule has 1 N–H and O–H groups in total. The minimum Gasteiger partial charge on any atom is -0.334 e. The lowest BCUT2D eigenvalue weighted by molar-refractivity contribution is -0.134. The third kappa shape index (κ3) is 4.69. The van der Waals surface area contributed by atoms with Crippen LogP contribution in [-0.2, 0) is 9.59 Å². The summed E-state index contributed by atoms with van der Waals surface area (Å²) in [7, 11) is 0. The number of benzene rings is 1. The number of carbonyl (C=O) groups is 2. The van der Waals surface area contributed by atoms with Gasteiger partial charge in [0.2, 0.25) is 11.8 Å². The van der Waals surface area contributed by atoms with Gasteiger partial charge in [-0.25, -0.2) is 0 Å². The van der Waals surface area contributed by atoms with Crippen LogP contribution >= 0.6 is 23.2 Å². The Balaban J connectivity index is 2.69. The number of anilines is 1. The molecule has 110 valence electrons. The number of rotatable bonds is 6. The Morgan fingerprint density at radius 3 is 2.30 bits per heavy atom. The molecular weight excluding hydrogens is 299 g/mol. The highest BCUT2D eigenvalue weighted by Gasteiger charge is 2.16. The zero-order valence-electron chi connectivity index (χ0n) is 11.6. The zero-order chi connectivity index (χ0) is 15.1. The van der Waals surface area contributed by atoms with Gasteiger partial charge in [0.05, 0.1) is 22.3 Å². The molecule has 1 rings (SSSR count). The van der Waals surface area contributed by atoms with Crippen molar-refractivity contribution in [3.8, 4) is 0 Å². The molecule has 0 bridgehead atoms. The monoisotopic (exact) mass is 316 g/mol. The van der Waals surface area contributed by atoms with Gasteiger partial charge in [-0.1, -0.05) is 36.2 Å². The lowest BCUT2D eigenvalue weighted by atomic mass is 10.3. The average Bonchev–Trinajstić information content (AvgIpc) is 2.40. The summed E-state index contributed by atoms with van der Waals surface area (Å²) < 4.78 is 0. The van der Waals surface area contributed by atoms with Gasteiger partial charge in [-0.05, 0) is 25.5 Å². The molecule has 0 heterocycles. The van der Waals surface area contributed by atoms with Crippen LogP contribution in [0.15, 0.2) is 18.2 Å². The molecule has 0 aromatic heterocycles. The number of hydrogen-bond donors (Lipinski definition) is 1. The summed E-state index contributed by atoms with van der Waals surface area (Å²) in [5, 5.41) is 3.38. The van der Waals surface area contributed by atoms with Crippen LogP contribution < -0.4 is 5.32 Å². The predicted octanol–water partition coefficient (Wildman–Crippen LogP) is 3.58. The largest absolute Gasteiger partial charge is 0.334 e. The van der Waals surface area contributed by atoms with Gasteiger partial charge < -0.3 is 10.2 Å². The first-order valence-electron chi connectivity index (χ1n) is 6.51. The molecule has 0 aliphatic rings. The van der Waals surface area contributed by atoms with Crippen molar-refractivity contribution < 1.29 is 9.59 Å². The second-order valence-corrected chi connectivity index (χ2v) is 5.12. The smallest absolute Gasteiger partial charge is 0.244 e. The van der Waals surface area contributed by atoms with E-state index in [-0.39, 0.29) is 18.4 Å². The number of carbonyl (C=O) groups excluding carboxylic acids is 2. The average molecular weight is 317 g/mol. The molecule has 0 radical (unpaired) electrons. The fourth-order valence-electron chi connectivity index (χ4n) is 1.72. The quantitative estimate of drug-likeness (QED) is 0.872. The third-order valence-corrected chi connectivity index (χ3v) is 3.39. The second-order valence-electron chi connectivity index (χ2n) is 4.30. The Morgan fingerprint density at radius 1 is 1.20 bits per heavy atom. The number of nitrogens with one attached hydrogen (secondary N) is 1. The minimum atomic E-state index is -0.314. The summed E-state index contributed by atoms with van der Waals surface area (Å²) in [6.45, 7) is 4.25. The van der Waals surface area contributed by atoms with E-state index < -0.39 is 0 Å². The standard InChI is InChI=1S/C14H18Cl2N2O2/c1-3-6-13(20)18(4-2)9-12(19)17-14-10(15)7-5-8-11(14)16/h5,7-8H,3-4,6,9H2,1-2H3,(H,17,19). The molecule has 20 heavy (non-hydrogen) atoms. The SMILES string of the molecule is CCCC(=O)N(CC)CC(=O)Nc1c(Cl)cccc1Cl. The van der Waals surface area contributed by atoms with Gasteiger partial charge >= 0.3 is 0 Å². The van der Waals surface area contributed by atoms with Crippen LogP contribution in [0.3, 0.4) is 0 Å². The molecule has 1 aromatic rings. The first-order valence-corrected chi connectivity index (χ1v) is 7.26. The first-order chi connectivity index (χ1) is 9.49. The van der Waals surface area contributed by atoms with Crippen molar-refractivity contribution in [1.29, 1.82) is 0 Å². The van der Waals surface area contributed by atoms with Crippen molar-refractivity contribution in [2.45, 2.75) is 26.7 Å². The molecule has 0 saturated carbocycles. The third-order valence-electron chi connectivity index (χ3n) is 2.76. The van der Waals surface area contributed by atoms with E-state index >= 15 is 0 Å². The highest BCUT2D eigenvalue weighted by molar-refractivity contribution is 6.39. The molecule has 0 unspecified atom stereocenters. The van der Waals surface area contributed by atoms with Gasteiger partial charge in [0.25, 0.3) is 0 Å². The summed E-state index contributed by atoms with van der Waals surface area (Å²) in [6, 6.07) is 4.98. The van der Waals surface area contributed by atoms with Crippen molar-refractivity contribution in [2.24, 2.45) is 0 Å². The molecule has 0 spiro atoms. The highest BCUT2D eigenvalue weighted by atomic mass is 35.5. The second kappa shape index (κ2) is 8.12. The Hall–Kier alpha value is -1.26. The highest BCUT2D eigenvalue weighted by Crippen LogP contribution is 2.29. The van der Waals surface area contributed by atoms with Gasteiger partial charge in [0.1, 0.15) is 0 Å². The van der Waals surface area contributed by atoms with Gasteiger partial charge in [-0.2, -0.15) is 0 Å². The number of nitrogens with zero attached hydrogens (tertiary/aromatic N) is 1. The van der Waals surface area contributed by atoms with Crippen LogP contribution in [0.1, 0.15) is 26.7 Å². The molecule has 0 fully saturated rings. The van der Waals surface area contributed by atoms with Gasteiger partial charge in [-0.3, -0.25) is 9.59 Å². The van der Waals surface area contributed by atoms with Crippen molar-refractivity contribution in [3.63, 3.8) is 0 Å². The van der Waals surface area contributed by atoms with Crippen LogP contribution in [0.25, 0.3) is 0 Å². The molecule has 0 aliphatic heterocycles. The van der Waals surface area contributed by atoms with E-state index in [1.165, 1.54) is 4.90 Å². The van der Waals surface area contributed by atoms with Crippen molar-refractivity contribution in [1.82, 2.24) is 4.90 Å². The Labute approximate surface area is 129 Å². The summed E-state index contributed by atoms with van der Waals surface area (Å²) in [4.78, 5) is 25.3.